The van der Waals surface area contributed by atoms with Gasteiger partial charge in [0.1, 0.15) is 0 Å². The second-order valence-corrected chi connectivity index (χ2v) is 6.03. The van der Waals surface area contributed by atoms with E-state index in [9.17, 15) is 4.79 Å². The zero-order chi connectivity index (χ0) is 16.7. The molecule has 1 aromatic carbocycles. The van der Waals surface area contributed by atoms with Gasteiger partial charge in [0, 0.05) is 12.2 Å². The summed E-state index contributed by atoms with van der Waals surface area (Å²) < 4.78 is 11.0. The Morgan fingerprint density at radius 3 is 2.91 bits per heavy atom. The van der Waals surface area contributed by atoms with Crippen LogP contribution in [0, 0.1) is 0 Å². The summed E-state index contributed by atoms with van der Waals surface area (Å²) in [7, 11) is 0. The number of amidine groups is 1. The van der Waals surface area contributed by atoms with E-state index >= 15 is 0 Å². The smallest absolute Gasteiger partial charge is 0.291 e. The third-order valence-corrected chi connectivity index (χ3v) is 4.05. The first-order valence-electron chi connectivity index (χ1n) is 7.65. The number of hydrogen-bond donors (Lipinski definition) is 1. The summed E-state index contributed by atoms with van der Waals surface area (Å²) in [5, 5.41) is 3.40. The van der Waals surface area contributed by atoms with Crippen LogP contribution in [0.25, 0.3) is 0 Å². The molecule has 1 fully saturated rings. The van der Waals surface area contributed by atoms with Gasteiger partial charge in [0.05, 0.1) is 29.3 Å². The summed E-state index contributed by atoms with van der Waals surface area (Å²) in [5.41, 5.74) is 0.393. The lowest BCUT2D eigenvalue weighted by molar-refractivity contribution is 0.0962. The maximum Gasteiger partial charge on any atom is 0.291 e. The predicted molar refractivity (Wildman–Crippen MR) is 91.4 cm³/mol. The fourth-order valence-corrected chi connectivity index (χ4v) is 2.40. The van der Waals surface area contributed by atoms with Crippen molar-refractivity contribution < 1.29 is 14.3 Å². The Morgan fingerprint density at radius 2 is 2.26 bits per heavy atom. The van der Waals surface area contributed by atoms with Gasteiger partial charge in [-0.25, -0.2) is 4.99 Å². The van der Waals surface area contributed by atoms with Gasteiger partial charge in [0.2, 0.25) is 0 Å². The molecule has 1 aliphatic rings. The van der Waals surface area contributed by atoms with E-state index in [4.69, 9.17) is 32.7 Å². The summed E-state index contributed by atoms with van der Waals surface area (Å²) in [6, 6.07) is 4.89. The van der Waals surface area contributed by atoms with E-state index in [2.05, 4.69) is 10.3 Å². The van der Waals surface area contributed by atoms with Crippen molar-refractivity contribution in [3.05, 3.63) is 33.8 Å². The maximum absolute atomic E-state index is 12.3. The van der Waals surface area contributed by atoms with Crippen LogP contribution in [0.15, 0.2) is 23.2 Å². The molecule has 7 heteroatoms. The summed E-state index contributed by atoms with van der Waals surface area (Å²) >= 11 is 11.8. The number of carbonyl (C=O) groups is 1. The van der Waals surface area contributed by atoms with Gasteiger partial charge < -0.3 is 9.47 Å². The Labute approximate surface area is 146 Å². The minimum atomic E-state index is -0.342. The highest BCUT2D eigenvalue weighted by atomic mass is 35.5. The zero-order valence-electron chi connectivity index (χ0n) is 13.0. The molecule has 1 atom stereocenters. The molecule has 1 N–H and O–H groups in total. The van der Waals surface area contributed by atoms with Gasteiger partial charge in [0.15, 0.2) is 0 Å². The highest BCUT2D eigenvalue weighted by Crippen LogP contribution is 2.22. The van der Waals surface area contributed by atoms with Crippen molar-refractivity contribution in [2.75, 3.05) is 19.8 Å². The normalized spacial score (nSPS) is 18.0. The van der Waals surface area contributed by atoms with Crippen LogP contribution < -0.4 is 5.32 Å². The average Bonchev–Trinajstić information content (AvgIpc) is 3.06. The van der Waals surface area contributed by atoms with Gasteiger partial charge >= 0.3 is 0 Å². The fraction of sp³-hybridized carbons (Fsp3) is 0.500. The van der Waals surface area contributed by atoms with Crippen LogP contribution in [0.1, 0.15) is 36.5 Å². The molecule has 126 valence electrons. The summed E-state index contributed by atoms with van der Waals surface area (Å²) in [6.07, 6.45) is 2.94. The van der Waals surface area contributed by atoms with Crippen molar-refractivity contribution in [2.45, 2.75) is 32.3 Å². The summed E-state index contributed by atoms with van der Waals surface area (Å²) in [5.74, 6) is -0.342. The Kier molecular flexibility index (Phi) is 7.15. The number of nitrogens with one attached hydrogen (secondary N) is 1. The lowest BCUT2D eigenvalue weighted by Crippen LogP contribution is -2.33. The number of halogens is 2. The third kappa shape index (κ3) is 5.68. The molecule has 0 aromatic heterocycles. The molecule has 0 radical (unpaired) electrons. The van der Waals surface area contributed by atoms with Crippen molar-refractivity contribution >= 4 is 35.1 Å². The van der Waals surface area contributed by atoms with E-state index in [0.29, 0.717) is 28.8 Å². The van der Waals surface area contributed by atoms with Crippen LogP contribution in [0.3, 0.4) is 0 Å². The number of carbonyl (C=O) groups excluding carboxylic acids is 1. The van der Waals surface area contributed by atoms with Crippen molar-refractivity contribution in [1.82, 2.24) is 5.32 Å². The molecule has 0 spiro atoms. The molecule has 0 aliphatic carbocycles. The van der Waals surface area contributed by atoms with Crippen LogP contribution in [-0.4, -0.2) is 37.8 Å². The molecule has 0 unspecified atom stereocenters. The first-order chi connectivity index (χ1) is 11.1. The zero-order valence-corrected chi connectivity index (χ0v) is 14.5. The number of aliphatic imine (C=N–C) groups is 1. The molecule has 1 aromatic rings. The van der Waals surface area contributed by atoms with E-state index in [0.717, 1.165) is 25.9 Å². The van der Waals surface area contributed by atoms with Gasteiger partial charge in [-0.05, 0) is 37.5 Å². The monoisotopic (exact) mass is 358 g/mol. The van der Waals surface area contributed by atoms with Crippen LogP contribution in [0.2, 0.25) is 10.0 Å². The molecule has 1 amide bonds. The number of nitrogens with zero attached hydrogens (tertiary/aromatic N) is 1. The van der Waals surface area contributed by atoms with Gasteiger partial charge in [-0.15, -0.1) is 0 Å². The first kappa shape index (κ1) is 18.0. The van der Waals surface area contributed by atoms with Gasteiger partial charge in [-0.2, -0.15) is 0 Å². The van der Waals surface area contributed by atoms with E-state index in [1.807, 2.05) is 6.92 Å². The molecule has 1 heterocycles. The number of rotatable bonds is 5. The second-order valence-electron chi connectivity index (χ2n) is 5.21. The molecule has 0 bridgehead atoms. The Hall–Kier alpha value is -1.30. The van der Waals surface area contributed by atoms with Crippen molar-refractivity contribution in [1.29, 1.82) is 0 Å². The molecular formula is C16H20Cl2N2O3. The van der Waals surface area contributed by atoms with E-state index < -0.39 is 0 Å². The van der Waals surface area contributed by atoms with E-state index in [-0.39, 0.29) is 18.0 Å². The van der Waals surface area contributed by atoms with Crippen LogP contribution in [0.5, 0.6) is 0 Å². The van der Waals surface area contributed by atoms with Crippen molar-refractivity contribution in [2.24, 2.45) is 4.99 Å². The largest absolute Gasteiger partial charge is 0.465 e. The van der Waals surface area contributed by atoms with Crippen LogP contribution >= 0.6 is 23.2 Å². The molecule has 0 saturated carbocycles. The fourth-order valence-electron chi connectivity index (χ4n) is 2.10. The van der Waals surface area contributed by atoms with Crippen molar-refractivity contribution in [3.63, 3.8) is 0 Å². The second kappa shape index (κ2) is 9.11. The minimum Gasteiger partial charge on any atom is -0.465 e. The average molecular weight is 359 g/mol. The SMILES string of the molecule is CCCOC(=NC[C@H]1CCCO1)NC(=O)c1ccc(Cl)c(Cl)c1. The number of hydrogen-bond acceptors (Lipinski definition) is 4. The van der Waals surface area contributed by atoms with Gasteiger partial charge in [-0.1, -0.05) is 30.1 Å². The van der Waals surface area contributed by atoms with E-state index in [1.165, 1.54) is 6.07 Å². The topological polar surface area (TPSA) is 59.9 Å². The highest BCUT2D eigenvalue weighted by molar-refractivity contribution is 6.42. The Balaban J connectivity index is 2.01. The molecule has 1 saturated heterocycles. The standard InChI is InChI=1S/C16H20Cl2N2O3/c1-2-7-23-16(19-10-12-4-3-8-22-12)20-15(21)11-5-6-13(17)14(18)9-11/h5-6,9,12H,2-4,7-8,10H2,1H3,(H,19,20,21)/t12-/m1/s1. The minimum absolute atomic E-state index is 0.0945. The predicted octanol–water partition coefficient (Wildman–Crippen LogP) is 3.68. The number of benzene rings is 1. The van der Waals surface area contributed by atoms with Crippen LogP contribution in [0.4, 0.5) is 0 Å². The molecular weight excluding hydrogens is 339 g/mol. The lowest BCUT2D eigenvalue weighted by Gasteiger charge is -2.12. The number of amides is 1. The van der Waals surface area contributed by atoms with Crippen molar-refractivity contribution in [3.8, 4) is 0 Å². The van der Waals surface area contributed by atoms with Gasteiger partial charge in [0.25, 0.3) is 11.9 Å². The van der Waals surface area contributed by atoms with Gasteiger partial charge in [-0.3, -0.25) is 10.1 Å². The molecule has 5 nitrogen and oxygen atoms in total. The number of ether oxygens (including phenoxy) is 2. The lowest BCUT2D eigenvalue weighted by atomic mass is 10.2. The highest BCUT2D eigenvalue weighted by Gasteiger charge is 2.16. The third-order valence-electron chi connectivity index (χ3n) is 3.31. The maximum atomic E-state index is 12.3. The van der Waals surface area contributed by atoms with Crippen LogP contribution in [-0.2, 0) is 9.47 Å². The summed E-state index contributed by atoms with van der Waals surface area (Å²) in [4.78, 5) is 16.6. The Morgan fingerprint density at radius 1 is 1.43 bits per heavy atom. The quantitative estimate of drug-likeness (QED) is 0.644. The van der Waals surface area contributed by atoms with E-state index in [1.54, 1.807) is 12.1 Å². The Bertz CT molecular complexity index is 572. The molecule has 23 heavy (non-hydrogen) atoms. The molecule has 1 aliphatic heterocycles. The summed E-state index contributed by atoms with van der Waals surface area (Å²) in [6.45, 7) is 3.70. The first-order valence-corrected chi connectivity index (χ1v) is 8.41. The molecule has 2 rings (SSSR count).